The molecular formula is C21H21ClN4O3. The summed E-state index contributed by atoms with van der Waals surface area (Å²) in [5.74, 6) is 2.86. The molecule has 0 bridgehead atoms. The lowest BCUT2D eigenvalue weighted by molar-refractivity contribution is 0.174. The Morgan fingerprint density at radius 3 is 2.93 bits per heavy atom. The molecule has 5 rings (SSSR count). The second-order valence-electron chi connectivity index (χ2n) is 7.25. The number of aliphatic hydroxyl groups is 1. The zero-order chi connectivity index (χ0) is 19.8. The lowest BCUT2D eigenvalue weighted by atomic mass is 10.2. The SMILES string of the molecule is OCC1CCCN1c1nc(NCc2ccc3c(c2)OCO3)c2cc(Cl)ccc2n1. The summed E-state index contributed by atoms with van der Waals surface area (Å²) < 4.78 is 10.8. The molecule has 0 spiro atoms. The van der Waals surface area contributed by atoms with Crippen LogP contribution in [-0.2, 0) is 6.54 Å². The monoisotopic (exact) mass is 412 g/mol. The molecule has 1 saturated heterocycles. The van der Waals surface area contributed by atoms with Gasteiger partial charge in [-0.05, 0) is 48.7 Å². The number of halogens is 1. The van der Waals surface area contributed by atoms with E-state index in [1.54, 1.807) is 0 Å². The summed E-state index contributed by atoms with van der Waals surface area (Å²) in [6.45, 7) is 1.76. The first-order chi connectivity index (χ1) is 14.2. The van der Waals surface area contributed by atoms with E-state index in [2.05, 4.69) is 10.2 Å². The van der Waals surface area contributed by atoms with E-state index in [0.29, 0.717) is 23.3 Å². The first-order valence-electron chi connectivity index (χ1n) is 9.68. The fourth-order valence-corrected chi connectivity index (χ4v) is 4.05. The van der Waals surface area contributed by atoms with Gasteiger partial charge in [0.2, 0.25) is 12.7 Å². The minimum atomic E-state index is 0.0569. The normalized spacial score (nSPS) is 17.9. The van der Waals surface area contributed by atoms with Crippen molar-refractivity contribution in [2.24, 2.45) is 0 Å². The maximum Gasteiger partial charge on any atom is 0.231 e. The smallest absolute Gasteiger partial charge is 0.231 e. The van der Waals surface area contributed by atoms with E-state index in [1.807, 2.05) is 36.4 Å². The molecule has 2 aliphatic heterocycles. The molecular weight excluding hydrogens is 392 g/mol. The third kappa shape index (κ3) is 3.52. The van der Waals surface area contributed by atoms with Crippen LogP contribution in [0.3, 0.4) is 0 Å². The lowest BCUT2D eigenvalue weighted by Crippen LogP contribution is -2.33. The molecule has 3 heterocycles. The Balaban J connectivity index is 1.48. The molecule has 7 nitrogen and oxygen atoms in total. The molecule has 2 aliphatic rings. The number of ether oxygens (including phenoxy) is 2. The predicted molar refractivity (Wildman–Crippen MR) is 112 cm³/mol. The van der Waals surface area contributed by atoms with Crippen molar-refractivity contribution in [3.8, 4) is 11.5 Å². The van der Waals surface area contributed by atoms with Crippen LogP contribution in [0.2, 0.25) is 5.02 Å². The Labute approximate surface area is 173 Å². The Hall–Kier alpha value is -2.77. The summed E-state index contributed by atoms with van der Waals surface area (Å²) in [5, 5.41) is 14.6. The standard InChI is InChI=1S/C21H21ClN4O3/c22-14-4-5-17-16(9-14)20(25-21(24-17)26-7-1-2-15(26)11-27)23-10-13-3-6-18-19(8-13)29-12-28-18/h3-6,8-9,15,27H,1-2,7,10-12H2,(H,23,24,25). The Morgan fingerprint density at radius 2 is 2.03 bits per heavy atom. The molecule has 0 aliphatic carbocycles. The van der Waals surface area contributed by atoms with Crippen molar-refractivity contribution in [3.63, 3.8) is 0 Å². The minimum Gasteiger partial charge on any atom is -0.454 e. The van der Waals surface area contributed by atoms with Crippen molar-refractivity contribution in [2.45, 2.75) is 25.4 Å². The van der Waals surface area contributed by atoms with Crippen molar-refractivity contribution in [2.75, 3.05) is 30.2 Å². The zero-order valence-corrected chi connectivity index (χ0v) is 16.5. The molecule has 1 aromatic heterocycles. The number of nitrogens with one attached hydrogen (secondary N) is 1. The molecule has 1 fully saturated rings. The van der Waals surface area contributed by atoms with E-state index >= 15 is 0 Å². The van der Waals surface area contributed by atoms with Gasteiger partial charge >= 0.3 is 0 Å². The second kappa shape index (κ2) is 7.57. The number of hydrogen-bond donors (Lipinski definition) is 2. The number of fused-ring (bicyclic) bond motifs is 2. The number of benzene rings is 2. The molecule has 0 saturated carbocycles. The largest absolute Gasteiger partial charge is 0.454 e. The van der Waals surface area contributed by atoms with Crippen molar-refractivity contribution in [1.82, 2.24) is 9.97 Å². The highest BCUT2D eigenvalue weighted by molar-refractivity contribution is 6.31. The van der Waals surface area contributed by atoms with E-state index in [9.17, 15) is 5.11 Å². The summed E-state index contributed by atoms with van der Waals surface area (Å²) in [6, 6.07) is 11.5. The summed E-state index contributed by atoms with van der Waals surface area (Å²) in [7, 11) is 0. The molecule has 2 aromatic carbocycles. The summed E-state index contributed by atoms with van der Waals surface area (Å²) in [5.41, 5.74) is 1.87. The van der Waals surface area contributed by atoms with Crippen LogP contribution in [0.5, 0.6) is 11.5 Å². The van der Waals surface area contributed by atoms with Gasteiger partial charge in [0.1, 0.15) is 5.82 Å². The molecule has 1 unspecified atom stereocenters. The van der Waals surface area contributed by atoms with Gasteiger partial charge in [0.05, 0.1) is 18.2 Å². The Kier molecular flexibility index (Phi) is 4.77. The van der Waals surface area contributed by atoms with E-state index < -0.39 is 0 Å². The van der Waals surface area contributed by atoms with Crippen molar-refractivity contribution < 1.29 is 14.6 Å². The van der Waals surface area contributed by atoms with E-state index in [-0.39, 0.29) is 19.4 Å². The fraction of sp³-hybridized carbons (Fsp3) is 0.333. The van der Waals surface area contributed by atoms with Crippen LogP contribution in [0.15, 0.2) is 36.4 Å². The van der Waals surface area contributed by atoms with Gasteiger partial charge in [0, 0.05) is 23.5 Å². The highest BCUT2D eigenvalue weighted by Crippen LogP contribution is 2.33. The van der Waals surface area contributed by atoms with Gasteiger partial charge in [-0.3, -0.25) is 0 Å². The highest BCUT2D eigenvalue weighted by Gasteiger charge is 2.27. The van der Waals surface area contributed by atoms with Crippen molar-refractivity contribution in [3.05, 3.63) is 47.0 Å². The molecule has 1 atom stereocenters. The molecule has 3 aromatic rings. The Morgan fingerprint density at radius 1 is 1.14 bits per heavy atom. The number of aromatic nitrogens is 2. The zero-order valence-electron chi connectivity index (χ0n) is 15.8. The maximum atomic E-state index is 9.69. The molecule has 0 radical (unpaired) electrons. The topological polar surface area (TPSA) is 79.7 Å². The maximum absolute atomic E-state index is 9.69. The number of rotatable bonds is 5. The highest BCUT2D eigenvalue weighted by atomic mass is 35.5. The first-order valence-corrected chi connectivity index (χ1v) is 10.1. The quantitative estimate of drug-likeness (QED) is 0.662. The number of anilines is 2. The molecule has 2 N–H and O–H groups in total. The van der Waals surface area contributed by atoms with Crippen LogP contribution >= 0.6 is 11.6 Å². The molecule has 150 valence electrons. The van der Waals surface area contributed by atoms with Gasteiger partial charge in [-0.2, -0.15) is 4.98 Å². The van der Waals surface area contributed by atoms with E-state index in [1.165, 1.54) is 0 Å². The fourth-order valence-electron chi connectivity index (χ4n) is 3.88. The third-order valence-corrected chi connectivity index (χ3v) is 5.62. The van der Waals surface area contributed by atoms with E-state index in [4.69, 9.17) is 31.0 Å². The average Bonchev–Trinajstić information content (AvgIpc) is 3.40. The van der Waals surface area contributed by atoms with Crippen LogP contribution in [0, 0.1) is 0 Å². The molecule has 0 amide bonds. The average molecular weight is 413 g/mol. The van der Waals surface area contributed by atoms with Gasteiger partial charge in [0.15, 0.2) is 11.5 Å². The predicted octanol–water partition coefficient (Wildman–Crippen LogP) is 3.59. The van der Waals surface area contributed by atoms with Crippen LogP contribution in [0.4, 0.5) is 11.8 Å². The number of aliphatic hydroxyl groups excluding tert-OH is 1. The third-order valence-electron chi connectivity index (χ3n) is 5.39. The van der Waals surface area contributed by atoms with Gasteiger partial charge in [-0.25, -0.2) is 4.98 Å². The lowest BCUT2D eigenvalue weighted by Gasteiger charge is -2.24. The number of hydrogen-bond acceptors (Lipinski definition) is 7. The minimum absolute atomic E-state index is 0.0569. The van der Waals surface area contributed by atoms with Crippen LogP contribution in [0.25, 0.3) is 10.9 Å². The Bertz CT molecular complexity index is 1060. The van der Waals surface area contributed by atoms with Gasteiger partial charge in [-0.1, -0.05) is 17.7 Å². The first kappa shape index (κ1) is 18.3. The van der Waals surface area contributed by atoms with Crippen LogP contribution in [0.1, 0.15) is 18.4 Å². The summed E-state index contributed by atoms with van der Waals surface area (Å²) in [4.78, 5) is 11.6. The molecule has 8 heteroatoms. The number of nitrogens with zero attached hydrogens (tertiary/aromatic N) is 3. The van der Waals surface area contributed by atoms with Crippen molar-refractivity contribution in [1.29, 1.82) is 0 Å². The van der Waals surface area contributed by atoms with Crippen LogP contribution < -0.4 is 19.7 Å². The second-order valence-corrected chi connectivity index (χ2v) is 7.68. The summed E-state index contributed by atoms with van der Waals surface area (Å²) in [6.07, 6.45) is 1.96. The molecule has 29 heavy (non-hydrogen) atoms. The van der Waals surface area contributed by atoms with Crippen LogP contribution in [-0.4, -0.2) is 41.1 Å². The summed E-state index contributed by atoms with van der Waals surface area (Å²) >= 11 is 6.23. The van der Waals surface area contributed by atoms with Gasteiger partial charge < -0.3 is 24.8 Å². The van der Waals surface area contributed by atoms with Crippen molar-refractivity contribution >= 4 is 34.3 Å². The van der Waals surface area contributed by atoms with Gasteiger partial charge in [0.25, 0.3) is 0 Å². The van der Waals surface area contributed by atoms with E-state index in [0.717, 1.165) is 47.4 Å². The van der Waals surface area contributed by atoms with Gasteiger partial charge in [-0.15, -0.1) is 0 Å².